The number of aromatic nitrogens is 4. The minimum Gasteiger partial charge on any atom is -0.493 e. The first-order chi connectivity index (χ1) is 34.5. The Kier molecular flexibility index (Phi) is 11.0. The van der Waals surface area contributed by atoms with Gasteiger partial charge in [-0.25, -0.2) is 9.36 Å². The van der Waals surface area contributed by atoms with E-state index in [1.165, 1.54) is 11.1 Å². The van der Waals surface area contributed by atoms with Crippen LogP contribution in [-0.2, 0) is 40.1 Å². The SMILES string of the molecule is COC(CC[n+]1cncc(-c2ccc3c(-c4ccc5c6c(ccnc46)CCO5)c(C(OC(C)(C)C)C(=O)O)c(C)cc3c2C)c1)c1c2c(c3ccccc3c1-c1ccc3c4c(ccnc14)CCO3)OCC2. The predicted molar refractivity (Wildman–Crippen MR) is 275 cm³/mol. The summed E-state index contributed by atoms with van der Waals surface area (Å²) in [6.45, 7) is 12.3. The summed E-state index contributed by atoms with van der Waals surface area (Å²) in [7, 11) is 1.80. The van der Waals surface area contributed by atoms with Gasteiger partial charge in [0.2, 0.25) is 0 Å². The molecule has 71 heavy (non-hydrogen) atoms. The molecular weight excluding hydrogens is 889 g/mol. The van der Waals surface area contributed by atoms with E-state index in [1.807, 2.05) is 70.8 Å². The highest BCUT2D eigenvalue weighted by Crippen LogP contribution is 2.51. The molecule has 6 heterocycles. The molecule has 12 rings (SSSR count). The zero-order valence-electron chi connectivity index (χ0n) is 40.9. The zero-order chi connectivity index (χ0) is 48.7. The molecule has 3 aromatic heterocycles. The topological polar surface area (TPSA) is 126 Å². The summed E-state index contributed by atoms with van der Waals surface area (Å²) < 4.78 is 33.8. The lowest BCUT2D eigenvalue weighted by atomic mass is 9.83. The number of hydrogen-bond donors (Lipinski definition) is 1. The lowest BCUT2D eigenvalue weighted by Gasteiger charge is -2.29. The summed E-state index contributed by atoms with van der Waals surface area (Å²) in [6.07, 6.45) is 11.3. The summed E-state index contributed by atoms with van der Waals surface area (Å²) in [5.41, 5.74) is 14.0. The van der Waals surface area contributed by atoms with Crippen molar-refractivity contribution in [2.24, 2.45) is 0 Å². The molecule has 356 valence electrons. The third-order valence-corrected chi connectivity index (χ3v) is 14.7. The van der Waals surface area contributed by atoms with E-state index in [9.17, 15) is 9.90 Å². The quantitative estimate of drug-likeness (QED) is 0.125. The van der Waals surface area contributed by atoms with Crippen molar-refractivity contribution in [2.45, 2.75) is 84.7 Å². The Morgan fingerprint density at radius 3 is 2.01 bits per heavy atom. The van der Waals surface area contributed by atoms with Gasteiger partial charge in [0.1, 0.15) is 23.4 Å². The maximum Gasteiger partial charge on any atom is 0.337 e. The van der Waals surface area contributed by atoms with Crippen LogP contribution in [0.2, 0.25) is 0 Å². The Morgan fingerprint density at radius 2 is 1.37 bits per heavy atom. The van der Waals surface area contributed by atoms with Crippen molar-refractivity contribution in [1.82, 2.24) is 15.0 Å². The Labute approximate surface area is 412 Å². The van der Waals surface area contributed by atoms with E-state index < -0.39 is 17.7 Å². The highest BCUT2D eigenvalue weighted by Gasteiger charge is 2.35. The van der Waals surface area contributed by atoms with E-state index in [1.54, 1.807) is 7.11 Å². The van der Waals surface area contributed by atoms with Gasteiger partial charge < -0.3 is 28.8 Å². The Bertz CT molecular complexity index is 3650. The van der Waals surface area contributed by atoms with Crippen LogP contribution in [0.15, 0.2) is 110 Å². The van der Waals surface area contributed by atoms with E-state index >= 15 is 0 Å². The third kappa shape index (κ3) is 7.52. The first-order valence-electron chi connectivity index (χ1n) is 24.6. The molecule has 2 atom stereocenters. The van der Waals surface area contributed by atoms with Crippen LogP contribution in [0.5, 0.6) is 17.2 Å². The Morgan fingerprint density at radius 1 is 0.746 bits per heavy atom. The van der Waals surface area contributed by atoms with E-state index in [0.29, 0.717) is 38.3 Å². The molecule has 6 aromatic carbocycles. The molecule has 0 aliphatic carbocycles. The van der Waals surface area contributed by atoms with Crippen LogP contribution in [0, 0.1) is 13.8 Å². The number of rotatable bonds is 11. The molecule has 11 nitrogen and oxygen atoms in total. The fraction of sp³-hybridized carbons (Fsp3) is 0.283. The molecule has 0 radical (unpaired) electrons. The number of carboxylic acid groups (broad SMARTS) is 1. The van der Waals surface area contributed by atoms with Crippen LogP contribution in [0.25, 0.3) is 76.7 Å². The van der Waals surface area contributed by atoms with Crippen molar-refractivity contribution >= 4 is 49.3 Å². The summed E-state index contributed by atoms with van der Waals surface area (Å²) in [5.74, 6) is 1.54. The van der Waals surface area contributed by atoms with Crippen molar-refractivity contribution in [1.29, 1.82) is 0 Å². The van der Waals surface area contributed by atoms with Crippen LogP contribution in [0.4, 0.5) is 0 Å². The molecule has 9 aromatic rings. The van der Waals surface area contributed by atoms with Crippen molar-refractivity contribution in [2.75, 3.05) is 26.9 Å². The fourth-order valence-electron chi connectivity index (χ4n) is 11.6. The molecule has 3 aliphatic rings. The minimum absolute atomic E-state index is 0.283. The van der Waals surface area contributed by atoms with Gasteiger partial charge in [-0.15, -0.1) is 0 Å². The third-order valence-electron chi connectivity index (χ3n) is 14.7. The number of carboxylic acids is 1. The molecule has 3 aliphatic heterocycles. The molecule has 0 fully saturated rings. The first kappa shape index (κ1) is 44.7. The van der Waals surface area contributed by atoms with Crippen LogP contribution in [0.1, 0.15) is 78.3 Å². The first-order valence-corrected chi connectivity index (χ1v) is 24.6. The van der Waals surface area contributed by atoms with E-state index in [4.69, 9.17) is 38.6 Å². The molecule has 0 saturated carbocycles. The molecule has 0 bridgehead atoms. The molecule has 0 spiro atoms. The standard InChI is InChI=1S/C60H54N4O7/c1-33-29-45-34(2)38(11-12-40(45)52(49(33)58(59(65)66)71-60(3,4)5)42-13-15-47-50-35(20-26-68-47)17-23-62-55(42)50)37-30-61-32-64(31-37)25-19-46(67-6)54-44-22-28-70-57(44)41-10-8-7-9-39(41)53(54)43-14-16-48-51-36(21-27-69-48)18-24-63-56(43)51/h7-18,23-24,29-32,46,58H,19-22,25-28H2,1-6H3/p+1. The van der Waals surface area contributed by atoms with E-state index in [2.05, 4.69) is 78.4 Å². The number of hydrogen-bond acceptors (Lipinski definition) is 9. The van der Waals surface area contributed by atoms with Crippen LogP contribution < -0.4 is 18.8 Å². The Balaban J connectivity index is 0.953. The molecular formula is C60H55N4O7+. The van der Waals surface area contributed by atoms with Crippen LogP contribution in [-0.4, -0.2) is 58.6 Å². The van der Waals surface area contributed by atoms with Gasteiger partial charge in [-0.1, -0.05) is 47.4 Å². The highest BCUT2D eigenvalue weighted by atomic mass is 16.5. The number of fused-ring (bicyclic) bond motifs is 4. The summed E-state index contributed by atoms with van der Waals surface area (Å²) in [5, 5.41) is 17.0. The summed E-state index contributed by atoms with van der Waals surface area (Å²) >= 11 is 0. The predicted octanol–water partition coefficient (Wildman–Crippen LogP) is 11.9. The monoisotopic (exact) mass is 943 g/mol. The van der Waals surface area contributed by atoms with Gasteiger partial charge in [0.15, 0.2) is 12.3 Å². The van der Waals surface area contributed by atoms with Gasteiger partial charge in [0.25, 0.3) is 6.33 Å². The number of ether oxygens (including phenoxy) is 5. The van der Waals surface area contributed by atoms with Gasteiger partial charge in [0, 0.05) is 83.6 Å². The number of carbonyl (C=O) groups is 1. The largest absolute Gasteiger partial charge is 0.493 e. The number of methoxy groups -OCH3 is 1. The second-order valence-electron chi connectivity index (χ2n) is 20.0. The lowest BCUT2D eigenvalue weighted by Crippen LogP contribution is -2.35. The minimum atomic E-state index is -1.23. The summed E-state index contributed by atoms with van der Waals surface area (Å²) in [4.78, 5) is 28.1. The van der Waals surface area contributed by atoms with Crippen molar-refractivity contribution < 1.29 is 38.2 Å². The zero-order valence-corrected chi connectivity index (χ0v) is 40.9. The van der Waals surface area contributed by atoms with E-state index in [0.717, 1.165) is 135 Å². The highest BCUT2D eigenvalue weighted by molar-refractivity contribution is 6.12. The lowest BCUT2D eigenvalue weighted by molar-refractivity contribution is -0.700. The second kappa shape index (κ2) is 17.4. The number of nitrogens with zero attached hydrogens (tertiary/aromatic N) is 4. The number of pyridine rings is 2. The normalized spacial score (nSPS) is 14.8. The Hall–Kier alpha value is -7.47. The smallest absolute Gasteiger partial charge is 0.337 e. The van der Waals surface area contributed by atoms with Gasteiger partial charge in [-0.3, -0.25) is 9.97 Å². The van der Waals surface area contributed by atoms with Crippen LogP contribution in [0.3, 0.4) is 0 Å². The van der Waals surface area contributed by atoms with Crippen LogP contribution >= 0.6 is 0 Å². The average Bonchev–Trinajstić information content (AvgIpc) is 3.87. The molecule has 11 heteroatoms. The maximum atomic E-state index is 13.3. The average molecular weight is 944 g/mol. The molecule has 0 amide bonds. The fourth-order valence-corrected chi connectivity index (χ4v) is 11.6. The molecule has 1 N–H and O–H groups in total. The molecule has 0 saturated heterocycles. The van der Waals surface area contributed by atoms with Gasteiger partial charge in [0.05, 0.1) is 54.7 Å². The van der Waals surface area contributed by atoms with Crippen molar-refractivity contribution in [3.63, 3.8) is 0 Å². The maximum absolute atomic E-state index is 13.3. The van der Waals surface area contributed by atoms with Crippen molar-refractivity contribution in [3.8, 4) is 50.6 Å². The van der Waals surface area contributed by atoms with Crippen molar-refractivity contribution in [3.05, 3.63) is 149 Å². The van der Waals surface area contributed by atoms with Gasteiger partial charge >= 0.3 is 5.97 Å². The molecule has 2 unspecified atom stereocenters. The number of aliphatic carboxylic acids is 1. The van der Waals surface area contributed by atoms with Gasteiger partial charge in [-0.05, 0) is 132 Å². The summed E-state index contributed by atoms with van der Waals surface area (Å²) in [6, 6.07) is 27.3. The second-order valence-corrected chi connectivity index (χ2v) is 20.0. The number of benzene rings is 6. The number of aryl methyl sites for hydroxylation is 3. The van der Waals surface area contributed by atoms with Gasteiger partial charge in [-0.2, -0.15) is 0 Å². The van der Waals surface area contributed by atoms with E-state index in [-0.39, 0.29) is 6.10 Å².